The lowest BCUT2D eigenvalue weighted by Crippen LogP contribution is -2.34. The largest absolute Gasteiger partial charge is 0.295 e. The molecule has 0 atom stereocenters. The van der Waals surface area contributed by atoms with Crippen LogP contribution in [0.25, 0.3) is 0 Å². The highest BCUT2D eigenvalue weighted by atomic mass is 35.5. The van der Waals surface area contributed by atoms with E-state index in [4.69, 9.17) is 34.8 Å². The molecule has 1 fully saturated rings. The topological polar surface area (TPSA) is 3.24 Å². The standard InChI is InChI=1S/C14H18Cl3N/c15-7-8-18(13-3-1-2-4-13)10-11-9-12(16)5-6-14(11)17/h5-6,9,13H,1-4,7-8,10H2. The molecule has 2 rings (SSSR count). The molecule has 0 spiro atoms. The summed E-state index contributed by atoms with van der Waals surface area (Å²) in [6, 6.07) is 6.31. The van der Waals surface area contributed by atoms with Gasteiger partial charge in [-0.15, -0.1) is 11.6 Å². The maximum Gasteiger partial charge on any atom is 0.0452 e. The number of nitrogens with zero attached hydrogens (tertiary/aromatic N) is 1. The van der Waals surface area contributed by atoms with Crippen molar-refractivity contribution in [2.45, 2.75) is 38.3 Å². The fraction of sp³-hybridized carbons (Fsp3) is 0.571. The van der Waals surface area contributed by atoms with Gasteiger partial charge in [-0.05, 0) is 36.6 Å². The van der Waals surface area contributed by atoms with E-state index in [1.165, 1.54) is 25.7 Å². The predicted molar refractivity (Wildman–Crippen MR) is 79.8 cm³/mol. The van der Waals surface area contributed by atoms with Crippen molar-refractivity contribution in [2.75, 3.05) is 12.4 Å². The molecule has 100 valence electrons. The third kappa shape index (κ3) is 3.77. The minimum Gasteiger partial charge on any atom is -0.295 e. The second kappa shape index (κ2) is 7.00. The fourth-order valence-corrected chi connectivity index (χ4v) is 3.24. The van der Waals surface area contributed by atoms with E-state index in [2.05, 4.69) is 4.90 Å². The molecular formula is C14H18Cl3N. The number of benzene rings is 1. The molecule has 0 unspecified atom stereocenters. The molecule has 1 nitrogen and oxygen atoms in total. The lowest BCUT2D eigenvalue weighted by molar-refractivity contribution is 0.201. The van der Waals surface area contributed by atoms with Crippen LogP contribution < -0.4 is 0 Å². The zero-order valence-corrected chi connectivity index (χ0v) is 12.6. The van der Waals surface area contributed by atoms with Crippen molar-refractivity contribution >= 4 is 34.8 Å². The van der Waals surface area contributed by atoms with Gasteiger partial charge in [-0.25, -0.2) is 0 Å². The lowest BCUT2D eigenvalue weighted by Gasteiger charge is -2.28. The van der Waals surface area contributed by atoms with E-state index in [1.54, 1.807) is 0 Å². The van der Waals surface area contributed by atoms with Gasteiger partial charge < -0.3 is 0 Å². The first kappa shape index (κ1) is 14.5. The number of rotatable bonds is 5. The molecule has 1 aromatic rings. The summed E-state index contributed by atoms with van der Waals surface area (Å²) in [5, 5.41) is 1.53. The molecular weight excluding hydrogens is 289 g/mol. The predicted octanol–water partition coefficient (Wildman–Crippen LogP) is 4.98. The molecule has 0 N–H and O–H groups in total. The molecule has 0 radical (unpaired) electrons. The smallest absolute Gasteiger partial charge is 0.0452 e. The summed E-state index contributed by atoms with van der Waals surface area (Å²) < 4.78 is 0. The quantitative estimate of drug-likeness (QED) is 0.694. The molecule has 1 saturated carbocycles. The van der Waals surface area contributed by atoms with Gasteiger partial charge in [0, 0.05) is 35.1 Å². The van der Waals surface area contributed by atoms with Crippen LogP contribution in [0.15, 0.2) is 18.2 Å². The molecule has 0 saturated heterocycles. The zero-order valence-electron chi connectivity index (χ0n) is 10.3. The van der Waals surface area contributed by atoms with E-state index in [1.807, 2.05) is 18.2 Å². The van der Waals surface area contributed by atoms with Gasteiger partial charge in [0.1, 0.15) is 0 Å². The minimum absolute atomic E-state index is 0.652. The second-order valence-electron chi connectivity index (χ2n) is 4.83. The van der Waals surface area contributed by atoms with Crippen LogP contribution in [0.2, 0.25) is 10.0 Å². The van der Waals surface area contributed by atoms with E-state index in [0.29, 0.717) is 11.9 Å². The highest BCUT2D eigenvalue weighted by Crippen LogP contribution is 2.27. The van der Waals surface area contributed by atoms with Crippen molar-refractivity contribution in [1.29, 1.82) is 0 Å². The summed E-state index contributed by atoms with van der Waals surface area (Å²) in [5.74, 6) is 0.661. The number of hydrogen-bond donors (Lipinski definition) is 0. The van der Waals surface area contributed by atoms with Crippen molar-refractivity contribution in [1.82, 2.24) is 4.90 Å². The van der Waals surface area contributed by atoms with Crippen molar-refractivity contribution in [3.05, 3.63) is 33.8 Å². The fourth-order valence-electron chi connectivity index (χ4n) is 2.65. The Kier molecular flexibility index (Phi) is 5.62. The molecule has 1 aliphatic carbocycles. The van der Waals surface area contributed by atoms with Crippen LogP contribution in [-0.4, -0.2) is 23.4 Å². The van der Waals surface area contributed by atoms with Crippen molar-refractivity contribution < 1.29 is 0 Å². The first-order valence-corrected chi connectivity index (χ1v) is 7.73. The van der Waals surface area contributed by atoms with Crippen LogP contribution in [0.3, 0.4) is 0 Å². The summed E-state index contributed by atoms with van der Waals surface area (Å²) in [6.07, 6.45) is 5.20. The first-order valence-electron chi connectivity index (χ1n) is 6.44. The minimum atomic E-state index is 0.652. The Labute approximate surface area is 124 Å². The van der Waals surface area contributed by atoms with Gasteiger partial charge in [0.05, 0.1) is 0 Å². The van der Waals surface area contributed by atoms with Gasteiger partial charge in [0.2, 0.25) is 0 Å². The first-order chi connectivity index (χ1) is 8.70. The highest BCUT2D eigenvalue weighted by molar-refractivity contribution is 6.33. The Morgan fingerprint density at radius 3 is 2.56 bits per heavy atom. The normalized spacial score (nSPS) is 16.7. The van der Waals surface area contributed by atoms with Crippen LogP contribution in [0, 0.1) is 0 Å². The molecule has 1 aliphatic rings. The number of alkyl halides is 1. The van der Waals surface area contributed by atoms with E-state index >= 15 is 0 Å². The second-order valence-corrected chi connectivity index (χ2v) is 6.06. The van der Waals surface area contributed by atoms with E-state index < -0.39 is 0 Å². The monoisotopic (exact) mass is 305 g/mol. The van der Waals surface area contributed by atoms with Crippen molar-refractivity contribution in [2.24, 2.45) is 0 Å². The molecule has 4 heteroatoms. The molecule has 1 aromatic carbocycles. The van der Waals surface area contributed by atoms with E-state index in [-0.39, 0.29) is 0 Å². The maximum absolute atomic E-state index is 6.23. The Morgan fingerprint density at radius 2 is 1.89 bits per heavy atom. The molecule has 0 bridgehead atoms. The third-order valence-electron chi connectivity index (χ3n) is 3.59. The average molecular weight is 307 g/mol. The van der Waals surface area contributed by atoms with Gasteiger partial charge in [0.25, 0.3) is 0 Å². The Bertz CT molecular complexity index is 389. The molecule has 0 aromatic heterocycles. The molecule has 0 amide bonds. The SMILES string of the molecule is ClCCN(Cc1cc(Cl)ccc1Cl)C1CCCC1. The van der Waals surface area contributed by atoms with Crippen LogP contribution in [0.5, 0.6) is 0 Å². The van der Waals surface area contributed by atoms with Gasteiger partial charge in [0.15, 0.2) is 0 Å². The summed E-state index contributed by atoms with van der Waals surface area (Å²) in [4.78, 5) is 2.44. The summed E-state index contributed by atoms with van der Waals surface area (Å²) in [7, 11) is 0. The Hall–Kier alpha value is 0.0500. The number of halogens is 3. The van der Waals surface area contributed by atoms with Crippen molar-refractivity contribution in [3.8, 4) is 0 Å². The summed E-state index contributed by atoms with van der Waals surface area (Å²) >= 11 is 18.2. The third-order valence-corrected chi connectivity index (χ3v) is 4.37. The van der Waals surface area contributed by atoms with Gasteiger partial charge in [-0.2, -0.15) is 0 Å². The van der Waals surface area contributed by atoms with Gasteiger partial charge in [-0.1, -0.05) is 36.0 Å². The lowest BCUT2D eigenvalue weighted by atomic mass is 10.1. The Morgan fingerprint density at radius 1 is 1.17 bits per heavy atom. The van der Waals surface area contributed by atoms with Crippen LogP contribution in [0.1, 0.15) is 31.2 Å². The number of hydrogen-bond acceptors (Lipinski definition) is 1. The molecule has 0 heterocycles. The maximum atomic E-state index is 6.23. The van der Waals surface area contributed by atoms with E-state index in [0.717, 1.165) is 28.7 Å². The highest BCUT2D eigenvalue weighted by Gasteiger charge is 2.22. The van der Waals surface area contributed by atoms with Gasteiger partial charge >= 0.3 is 0 Å². The Balaban J connectivity index is 2.09. The van der Waals surface area contributed by atoms with Crippen molar-refractivity contribution in [3.63, 3.8) is 0 Å². The van der Waals surface area contributed by atoms with E-state index in [9.17, 15) is 0 Å². The molecule has 18 heavy (non-hydrogen) atoms. The molecule has 0 aliphatic heterocycles. The van der Waals surface area contributed by atoms with Crippen LogP contribution in [0.4, 0.5) is 0 Å². The summed E-state index contributed by atoms with van der Waals surface area (Å²) in [5.41, 5.74) is 1.10. The zero-order chi connectivity index (χ0) is 13.0. The van der Waals surface area contributed by atoms with Crippen LogP contribution >= 0.6 is 34.8 Å². The summed E-state index contributed by atoms with van der Waals surface area (Å²) in [6.45, 7) is 1.76. The van der Waals surface area contributed by atoms with Gasteiger partial charge in [-0.3, -0.25) is 4.90 Å². The van der Waals surface area contributed by atoms with Crippen LogP contribution in [-0.2, 0) is 6.54 Å². The average Bonchev–Trinajstić information content (AvgIpc) is 2.87.